The van der Waals surface area contributed by atoms with E-state index in [0.717, 1.165) is 23.1 Å². The lowest BCUT2D eigenvalue weighted by Gasteiger charge is -2.10. The maximum absolute atomic E-state index is 12.7. The Bertz CT molecular complexity index is 1100. The molecule has 0 fully saturated rings. The molecule has 1 amide bonds. The summed E-state index contributed by atoms with van der Waals surface area (Å²) >= 11 is 0. The Balaban J connectivity index is 1.89. The third-order valence-corrected chi connectivity index (χ3v) is 4.79. The molecule has 144 valence electrons. The van der Waals surface area contributed by atoms with Crippen LogP contribution in [0.25, 0.3) is 6.08 Å². The van der Waals surface area contributed by atoms with Gasteiger partial charge < -0.3 is 5.32 Å². The van der Waals surface area contributed by atoms with Gasteiger partial charge in [0.05, 0.1) is 0 Å². The van der Waals surface area contributed by atoms with Crippen molar-refractivity contribution in [2.24, 2.45) is 0 Å². The van der Waals surface area contributed by atoms with Crippen LogP contribution in [0.15, 0.2) is 72.3 Å². The van der Waals surface area contributed by atoms with Crippen LogP contribution in [0.5, 0.6) is 0 Å². The summed E-state index contributed by atoms with van der Waals surface area (Å²) in [7, 11) is 0. The Morgan fingerprint density at radius 3 is 2.31 bits per heavy atom. The number of hydrogen-bond donors (Lipinski definition) is 1. The van der Waals surface area contributed by atoms with Crippen molar-refractivity contribution < 1.29 is 4.79 Å². The molecule has 1 N–H and O–H groups in total. The monoisotopic (exact) mass is 380 g/mol. The number of nitrogens with zero attached hydrogens (tertiary/aromatic N) is 1. The molecule has 0 unspecified atom stereocenters. The van der Waals surface area contributed by atoms with Crippen LogP contribution in [-0.4, -0.2) is 5.91 Å². The predicted octanol–water partition coefficient (Wildman–Crippen LogP) is 5.75. The molecule has 3 aromatic rings. The second-order valence-corrected chi connectivity index (χ2v) is 7.31. The Kier molecular flexibility index (Phi) is 6.26. The molecule has 0 spiro atoms. The molecule has 0 aliphatic heterocycles. The van der Waals surface area contributed by atoms with Gasteiger partial charge in [-0.3, -0.25) is 4.79 Å². The Morgan fingerprint density at radius 2 is 1.62 bits per heavy atom. The van der Waals surface area contributed by atoms with Crippen molar-refractivity contribution >= 4 is 17.7 Å². The predicted molar refractivity (Wildman–Crippen MR) is 119 cm³/mol. The maximum atomic E-state index is 12.7. The molecule has 3 rings (SSSR count). The minimum Gasteiger partial charge on any atom is -0.321 e. The molecule has 0 aliphatic carbocycles. The highest BCUT2D eigenvalue weighted by Gasteiger charge is 2.12. The molecule has 0 heterocycles. The standard InChI is InChI=1S/C26H24N2O/c1-18-12-19(2)14-21(13-18)15-22-9-5-6-10-23(22)16-24(17-27)26(29)28-25-11-7-4-8-20(25)3/h4-14,16H,15H2,1-3H3,(H,28,29)/b24-16+. The summed E-state index contributed by atoms with van der Waals surface area (Å²) in [6, 6.07) is 23.9. The molecule has 0 saturated carbocycles. The Morgan fingerprint density at radius 1 is 0.966 bits per heavy atom. The Labute approximate surface area is 172 Å². The second-order valence-electron chi connectivity index (χ2n) is 7.31. The zero-order valence-electron chi connectivity index (χ0n) is 17.0. The number of amides is 1. The maximum Gasteiger partial charge on any atom is 0.266 e. The van der Waals surface area contributed by atoms with Crippen molar-refractivity contribution in [3.8, 4) is 6.07 Å². The number of nitriles is 1. The van der Waals surface area contributed by atoms with Gasteiger partial charge in [0.15, 0.2) is 0 Å². The molecular weight excluding hydrogens is 356 g/mol. The van der Waals surface area contributed by atoms with Gasteiger partial charge in [-0.05, 0) is 61.6 Å². The largest absolute Gasteiger partial charge is 0.321 e. The minimum absolute atomic E-state index is 0.0844. The summed E-state index contributed by atoms with van der Waals surface area (Å²) in [5.41, 5.74) is 7.37. The van der Waals surface area contributed by atoms with Crippen molar-refractivity contribution in [1.82, 2.24) is 0 Å². The molecule has 0 atom stereocenters. The van der Waals surface area contributed by atoms with Crippen LogP contribution in [-0.2, 0) is 11.2 Å². The first-order valence-corrected chi connectivity index (χ1v) is 9.60. The summed E-state index contributed by atoms with van der Waals surface area (Å²) in [6.45, 7) is 6.10. The van der Waals surface area contributed by atoms with Crippen molar-refractivity contribution in [3.63, 3.8) is 0 Å². The lowest BCUT2D eigenvalue weighted by Crippen LogP contribution is -2.14. The lowest BCUT2D eigenvalue weighted by atomic mass is 9.96. The fraction of sp³-hybridized carbons (Fsp3) is 0.154. The lowest BCUT2D eigenvalue weighted by molar-refractivity contribution is -0.112. The van der Waals surface area contributed by atoms with E-state index in [1.807, 2.05) is 61.5 Å². The normalized spacial score (nSPS) is 11.0. The van der Waals surface area contributed by atoms with E-state index in [9.17, 15) is 10.1 Å². The van der Waals surface area contributed by atoms with Crippen LogP contribution in [0.4, 0.5) is 5.69 Å². The number of nitrogens with one attached hydrogen (secondary N) is 1. The number of hydrogen-bond acceptors (Lipinski definition) is 2. The highest BCUT2D eigenvalue weighted by Crippen LogP contribution is 2.20. The molecule has 0 bridgehead atoms. The van der Waals surface area contributed by atoms with Crippen molar-refractivity contribution in [1.29, 1.82) is 5.26 Å². The van der Waals surface area contributed by atoms with Crippen LogP contribution in [0, 0.1) is 32.1 Å². The van der Waals surface area contributed by atoms with E-state index in [2.05, 4.69) is 37.4 Å². The smallest absolute Gasteiger partial charge is 0.266 e. The van der Waals surface area contributed by atoms with E-state index in [1.54, 1.807) is 6.08 Å². The number of carbonyl (C=O) groups is 1. The van der Waals surface area contributed by atoms with Gasteiger partial charge in [0, 0.05) is 5.69 Å². The fourth-order valence-corrected chi connectivity index (χ4v) is 3.43. The zero-order chi connectivity index (χ0) is 20.8. The average molecular weight is 380 g/mol. The summed E-state index contributed by atoms with van der Waals surface area (Å²) in [5.74, 6) is -0.400. The molecule has 0 radical (unpaired) electrons. The second kappa shape index (κ2) is 9.03. The van der Waals surface area contributed by atoms with Crippen LogP contribution >= 0.6 is 0 Å². The van der Waals surface area contributed by atoms with Crippen molar-refractivity contribution in [3.05, 3.63) is 106 Å². The highest BCUT2D eigenvalue weighted by atomic mass is 16.1. The number of anilines is 1. The summed E-state index contributed by atoms with van der Waals surface area (Å²) in [5, 5.41) is 12.4. The Hall–Kier alpha value is -3.64. The first-order valence-electron chi connectivity index (χ1n) is 9.60. The van der Waals surface area contributed by atoms with Crippen LogP contribution in [0.1, 0.15) is 33.4 Å². The first kappa shape index (κ1) is 20.1. The van der Waals surface area contributed by atoms with Gasteiger partial charge in [-0.25, -0.2) is 0 Å². The third-order valence-electron chi connectivity index (χ3n) is 4.79. The molecule has 29 heavy (non-hydrogen) atoms. The van der Waals surface area contributed by atoms with E-state index in [4.69, 9.17) is 0 Å². The SMILES string of the molecule is Cc1cc(C)cc(Cc2ccccc2/C=C(\C#N)C(=O)Nc2ccccc2C)c1. The molecular formula is C26H24N2O. The van der Waals surface area contributed by atoms with Gasteiger partial charge in [0.2, 0.25) is 0 Å². The number of aryl methyl sites for hydroxylation is 3. The van der Waals surface area contributed by atoms with Crippen LogP contribution in [0.3, 0.4) is 0 Å². The molecule has 0 saturated heterocycles. The average Bonchev–Trinajstić information content (AvgIpc) is 2.68. The molecule has 3 heteroatoms. The van der Waals surface area contributed by atoms with E-state index in [-0.39, 0.29) is 5.57 Å². The number of para-hydroxylation sites is 1. The summed E-state index contributed by atoms with van der Waals surface area (Å²) < 4.78 is 0. The van der Waals surface area contributed by atoms with Crippen molar-refractivity contribution in [2.75, 3.05) is 5.32 Å². The highest BCUT2D eigenvalue weighted by molar-refractivity contribution is 6.10. The van der Waals surface area contributed by atoms with Gasteiger partial charge in [-0.15, -0.1) is 0 Å². The van der Waals surface area contributed by atoms with E-state index in [0.29, 0.717) is 5.69 Å². The molecule has 0 aromatic heterocycles. The van der Waals surface area contributed by atoms with Crippen LogP contribution in [0.2, 0.25) is 0 Å². The van der Waals surface area contributed by atoms with Gasteiger partial charge in [0.25, 0.3) is 5.91 Å². The third kappa shape index (κ3) is 5.21. The van der Waals surface area contributed by atoms with E-state index in [1.165, 1.54) is 16.7 Å². The van der Waals surface area contributed by atoms with Gasteiger partial charge in [0.1, 0.15) is 11.6 Å². The number of carbonyl (C=O) groups excluding carboxylic acids is 1. The topological polar surface area (TPSA) is 52.9 Å². The van der Waals surface area contributed by atoms with Crippen molar-refractivity contribution in [2.45, 2.75) is 27.2 Å². The number of benzene rings is 3. The van der Waals surface area contributed by atoms with E-state index >= 15 is 0 Å². The molecule has 3 nitrogen and oxygen atoms in total. The van der Waals surface area contributed by atoms with Gasteiger partial charge >= 0.3 is 0 Å². The van der Waals surface area contributed by atoms with Gasteiger partial charge in [-0.1, -0.05) is 71.8 Å². The molecule has 3 aromatic carbocycles. The first-order chi connectivity index (χ1) is 14.0. The number of rotatable bonds is 5. The summed E-state index contributed by atoms with van der Waals surface area (Å²) in [4.78, 5) is 12.7. The van der Waals surface area contributed by atoms with E-state index < -0.39 is 5.91 Å². The van der Waals surface area contributed by atoms with Gasteiger partial charge in [-0.2, -0.15) is 5.26 Å². The summed E-state index contributed by atoms with van der Waals surface area (Å²) in [6.07, 6.45) is 2.42. The zero-order valence-corrected chi connectivity index (χ0v) is 17.0. The minimum atomic E-state index is -0.400. The van der Waals surface area contributed by atoms with Crippen LogP contribution < -0.4 is 5.32 Å². The fourth-order valence-electron chi connectivity index (χ4n) is 3.43. The molecule has 0 aliphatic rings. The quantitative estimate of drug-likeness (QED) is 0.453.